The molecule has 4 rings (SSSR count). The summed E-state index contributed by atoms with van der Waals surface area (Å²) < 4.78 is 25.2. The maximum atomic E-state index is 14.1. The summed E-state index contributed by atoms with van der Waals surface area (Å²) in [6.45, 7) is 7.69. The van der Waals surface area contributed by atoms with Crippen LogP contribution < -0.4 is 10.2 Å². The Kier molecular flexibility index (Phi) is 7.11. The van der Waals surface area contributed by atoms with Crippen molar-refractivity contribution in [3.63, 3.8) is 0 Å². The van der Waals surface area contributed by atoms with Crippen LogP contribution >= 0.6 is 22.6 Å². The van der Waals surface area contributed by atoms with E-state index in [1.807, 2.05) is 0 Å². The number of carbonyl (C=O) groups is 1. The second-order valence-electron chi connectivity index (χ2n) is 8.97. The van der Waals surface area contributed by atoms with Crippen molar-refractivity contribution in [2.75, 3.05) is 57.8 Å². The van der Waals surface area contributed by atoms with Gasteiger partial charge in [0.1, 0.15) is 11.0 Å². The number of halogens is 3. The molecule has 3 heterocycles. The van der Waals surface area contributed by atoms with Gasteiger partial charge >= 0.3 is 3.93 Å². The number of nitrogens with zero attached hydrogens (tertiary/aromatic N) is 5. The van der Waals surface area contributed by atoms with E-state index in [-0.39, 0.29) is 23.0 Å². The fraction of sp³-hybridized carbons (Fsp3) is 0.591. The van der Waals surface area contributed by atoms with Gasteiger partial charge in [-0.05, 0) is 31.5 Å². The molecule has 0 radical (unpaired) electrons. The van der Waals surface area contributed by atoms with Crippen LogP contribution in [0.4, 0.5) is 14.5 Å². The maximum absolute atomic E-state index is 14.1. The zero-order valence-electron chi connectivity index (χ0n) is 18.4. The average molecular weight is 558 g/mol. The highest BCUT2D eigenvalue weighted by atomic mass is 127. The molecular formula is C22H29F2IN6O. The van der Waals surface area contributed by atoms with Crippen LogP contribution in [0.25, 0.3) is 11.0 Å². The molecule has 0 unspecified atom stereocenters. The van der Waals surface area contributed by atoms with Crippen molar-refractivity contribution in [3.05, 3.63) is 30.1 Å². The number of benzene rings is 1. The molecule has 0 saturated carbocycles. The molecule has 0 aliphatic carbocycles. The first kappa shape index (κ1) is 23.5. The average Bonchev–Trinajstić information content (AvgIpc) is 2.73. The first-order chi connectivity index (χ1) is 15.2. The third-order valence-corrected chi connectivity index (χ3v) is 6.82. The number of carbonyl (C=O) groups excluding carboxylic acids is 1. The topological polar surface area (TPSA) is 64.6 Å². The summed E-state index contributed by atoms with van der Waals surface area (Å²) in [4.78, 5) is 27.9. The number of amides is 1. The molecule has 10 heteroatoms. The zero-order valence-corrected chi connectivity index (χ0v) is 20.6. The van der Waals surface area contributed by atoms with Gasteiger partial charge in [-0.3, -0.25) is 19.7 Å². The Bertz CT molecular complexity index is 963. The largest absolute Gasteiger partial charge is 0.367 e. The van der Waals surface area contributed by atoms with E-state index in [1.165, 1.54) is 18.5 Å². The van der Waals surface area contributed by atoms with Crippen LogP contribution in [0.1, 0.15) is 18.9 Å². The van der Waals surface area contributed by atoms with Crippen molar-refractivity contribution in [1.82, 2.24) is 25.1 Å². The normalized spacial score (nSPS) is 23.5. The second kappa shape index (κ2) is 9.68. The van der Waals surface area contributed by atoms with Crippen molar-refractivity contribution in [2.45, 2.75) is 23.3 Å². The minimum absolute atomic E-state index is 0.00358. The first-order valence-electron chi connectivity index (χ1n) is 11.0. The molecule has 0 spiro atoms. The highest BCUT2D eigenvalue weighted by molar-refractivity contribution is 14.1. The second-order valence-corrected chi connectivity index (χ2v) is 10.3. The smallest absolute Gasteiger partial charge is 0.323 e. The van der Waals surface area contributed by atoms with E-state index >= 15 is 0 Å². The van der Waals surface area contributed by atoms with Crippen LogP contribution in [0, 0.1) is 5.92 Å². The van der Waals surface area contributed by atoms with E-state index in [0.717, 1.165) is 67.4 Å². The predicted molar refractivity (Wildman–Crippen MR) is 129 cm³/mol. The maximum Gasteiger partial charge on any atom is 0.323 e. The lowest BCUT2D eigenvalue weighted by Crippen LogP contribution is -2.54. The van der Waals surface area contributed by atoms with E-state index < -0.39 is 3.93 Å². The molecule has 1 N–H and O–H groups in total. The van der Waals surface area contributed by atoms with Crippen LogP contribution in [0.3, 0.4) is 0 Å². The number of piperazine rings is 1. The van der Waals surface area contributed by atoms with Crippen LogP contribution in [-0.4, -0.2) is 84.6 Å². The van der Waals surface area contributed by atoms with Gasteiger partial charge in [0.25, 0.3) is 0 Å². The summed E-state index contributed by atoms with van der Waals surface area (Å²) in [7, 11) is 2.09. The van der Waals surface area contributed by atoms with Crippen LogP contribution in [-0.2, 0) is 8.72 Å². The molecule has 2 aliphatic heterocycles. The number of aromatic nitrogens is 2. The lowest BCUT2D eigenvalue weighted by molar-refractivity contribution is -0.123. The van der Waals surface area contributed by atoms with Gasteiger partial charge < -0.3 is 15.1 Å². The molecule has 2 fully saturated rings. The molecule has 0 bridgehead atoms. The third-order valence-electron chi connectivity index (χ3n) is 6.24. The lowest BCUT2D eigenvalue weighted by Gasteiger charge is -2.39. The molecule has 1 aromatic carbocycles. The molecule has 174 valence electrons. The number of nitrogens with one attached hydrogen (secondary N) is 1. The van der Waals surface area contributed by atoms with Crippen molar-refractivity contribution < 1.29 is 13.6 Å². The number of anilines is 1. The Morgan fingerprint density at radius 1 is 1.16 bits per heavy atom. The Morgan fingerprint density at radius 3 is 2.53 bits per heavy atom. The number of hydrogen-bond acceptors (Lipinski definition) is 6. The molecule has 2 aromatic rings. The highest BCUT2D eigenvalue weighted by Crippen LogP contribution is 2.40. The highest BCUT2D eigenvalue weighted by Gasteiger charge is 2.33. The number of likely N-dealkylation sites (N-methyl/N-ethyl adjacent to an activating group) is 1. The van der Waals surface area contributed by atoms with E-state index in [2.05, 4.69) is 44.0 Å². The summed E-state index contributed by atoms with van der Waals surface area (Å²) in [6, 6.07) is 3.15. The lowest BCUT2D eigenvalue weighted by atomic mass is 9.95. The summed E-state index contributed by atoms with van der Waals surface area (Å²) in [5, 5.41) is 3.20. The SMILES string of the molecule is C[C@H]1C[C@@H](NC(=O)CN2CCN(C)CC2)CN(c2ccc(C(F)(F)I)c3nccnc23)C1. The van der Waals surface area contributed by atoms with E-state index in [4.69, 9.17) is 0 Å². The number of fused-ring (bicyclic) bond motifs is 1. The van der Waals surface area contributed by atoms with Crippen molar-refractivity contribution >= 4 is 45.2 Å². The van der Waals surface area contributed by atoms with Crippen LogP contribution in [0.5, 0.6) is 0 Å². The third kappa shape index (κ3) is 5.45. The minimum atomic E-state index is -3.03. The predicted octanol–water partition coefficient (Wildman–Crippen LogP) is 2.69. The first-order valence-corrected chi connectivity index (χ1v) is 12.0. The van der Waals surface area contributed by atoms with Gasteiger partial charge in [0.2, 0.25) is 5.91 Å². The molecule has 32 heavy (non-hydrogen) atoms. The van der Waals surface area contributed by atoms with Crippen molar-refractivity contribution in [1.29, 1.82) is 0 Å². The Morgan fingerprint density at radius 2 is 1.84 bits per heavy atom. The summed E-state index contributed by atoms with van der Waals surface area (Å²) in [6.07, 6.45) is 3.86. The zero-order chi connectivity index (χ0) is 22.9. The van der Waals surface area contributed by atoms with Gasteiger partial charge in [-0.25, -0.2) is 0 Å². The fourth-order valence-corrected chi connectivity index (χ4v) is 5.10. The molecule has 2 atom stereocenters. The molecule has 2 aliphatic rings. The summed E-state index contributed by atoms with van der Waals surface area (Å²) >= 11 is 1.13. The number of rotatable bonds is 5. The van der Waals surface area contributed by atoms with Crippen LogP contribution in [0.2, 0.25) is 0 Å². The molecule has 1 amide bonds. The molecular weight excluding hydrogens is 529 g/mol. The monoisotopic (exact) mass is 558 g/mol. The number of hydrogen-bond donors (Lipinski definition) is 1. The van der Waals surface area contributed by atoms with Crippen LogP contribution in [0.15, 0.2) is 24.5 Å². The molecule has 1 aromatic heterocycles. The fourth-order valence-electron chi connectivity index (χ4n) is 4.66. The standard InChI is InChI=1S/C22H29F2IN6O/c1-15-11-16(28-19(32)14-30-9-7-29(2)8-10-30)13-31(12-15)18-4-3-17(22(23,24)25)20-21(18)27-6-5-26-20/h3-6,15-16H,7-14H2,1-2H3,(H,28,32)/t15-,16+/m0/s1. The van der Waals surface area contributed by atoms with Gasteiger partial charge in [-0.2, -0.15) is 8.78 Å². The Labute approximate surface area is 200 Å². The van der Waals surface area contributed by atoms with E-state index in [9.17, 15) is 13.6 Å². The Balaban J connectivity index is 1.49. The van der Waals surface area contributed by atoms with Gasteiger partial charge in [0, 0.05) is 80.3 Å². The van der Waals surface area contributed by atoms with E-state index in [0.29, 0.717) is 24.5 Å². The quantitative estimate of drug-likeness (QED) is 0.450. The van der Waals surface area contributed by atoms with Gasteiger partial charge in [0.15, 0.2) is 0 Å². The Hall–Kier alpha value is -1.66. The van der Waals surface area contributed by atoms with Gasteiger partial charge in [-0.1, -0.05) is 6.92 Å². The van der Waals surface area contributed by atoms with Crippen molar-refractivity contribution in [2.24, 2.45) is 5.92 Å². The van der Waals surface area contributed by atoms with Gasteiger partial charge in [0.05, 0.1) is 17.8 Å². The minimum Gasteiger partial charge on any atom is -0.367 e. The van der Waals surface area contributed by atoms with Crippen molar-refractivity contribution in [3.8, 4) is 0 Å². The molecule has 7 nitrogen and oxygen atoms in total. The number of alkyl halides is 3. The summed E-state index contributed by atoms with van der Waals surface area (Å²) in [5.41, 5.74) is 1.34. The van der Waals surface area contributed by atoms with E-state index in [1.54, 1.807) is 6.07 Å². The number of piperidine rings is 1. The molecule has 2 saturated heterocycles. The summed E-state index contributed by atoms with van der Waals surface area (Å²) in [5.74, 6) is 0.383. The van der Waals surface area contributed by atoms with Gasteiger partial charge in [-0.15, -0.1) is 0 Å².